The van der Waals surface area contributed by atoms with Crippen LogP contribution < -0.4 is 24.0 Å². The SMILES string of the molecule is CCCC[N+]1(C2CC/C=C\CCC2)CCCCC1.[I-]. The van der Waals surface area contributed by atoms with Crippen LogP contribution in [-0.4, -0.2) is 30.2 Å². The molecule has 19 heavy (non-hydrogen) atoms. The lowest BCUT2D eigenvalue weighted by atomic mass is 9.93. The fourth-order valence-corrected chi connectivity index (χ4v) is 4.07. The molecule has 1 aliphatic heterocycles. The summed E-state index contributed by atoms with van der Waals surface area (Å²) < 4.78 is 1.49. The van der Waals surface area contributed by atoms with Crippen LogP contribution in [0.3, 0.4) is 0 Å². The molecule has 0 aromatic heterocycles. The minimum atomic E-state index is 0. The van der Waals surface area contributed by atoms with Crippen molar-refractivity contribution in [3.63, 3.8) is 0 Å². The van der Waals surface area contributed by atoms with Crippen LogP contribution in [0.1, 0.15) is 71.1 Å². The van der Waals surface area contributed by atoms with Crippen LogP contribution >= 0.6 is 0 Å². The van der Waals surface area contributed by atoms with E-state index in [1.165, 1.54) is 88.3 Å². The molecular weight excluding hydrogens is 345 g/mol. The van der Waals surface area contributed by atoms with Crippen molar-refractivity contribution >= 4 is 0 Å². The van der Waals surface area contributed by atoms with Gasteiger partial charge in [0.1, 0.15) is 0 Å². The standard InChI is InChI=1S/C17H32N.HI/c1-2-3-14-18(15-10-7-11-16-18)17-12-8-5-4-6-9-13-17;/h4-5,17H,2-3,6-16H2,1H3;1H/q+1;/p-1/b5-4-;. The number of allylic oxidation sites excluding steroid dienone is 2. The first-order chi connectivity index (χ1) is 8.87. The molecule has 2 rings (SSSR count). The summed E-state index contributed by atoms with van der Waals surface area (Å²) in [4.78, 5) is 0. The molecule has 2 heteroatoms. The van der Waals surface area contributed by atoms with Crippen LogP contribution in [0, 0.1) is 0 Å². The van der Waals surface area contributed by atoms with E-state index in [0.29, 0.717) is 0 Å². The summed E-state index contributed by atoms with van der Waals surface area (Å²) in [7, 11) is 0. The van der Waals surface area contributed by atoms with Gasteiger partial charge in [-0.2, -0.15) is 0 Å². The van der Waals surface area contributed by atoms with Gasteiger partial charge in [0.25, 0.3) is 0 Å². The number of likely N-dealkylation sites (tertiary alicyclic amines) is 1. The number of rotatable bonds is 4. The molecule has 1 fully saturated rings. The Balaban J connectivity index is 0.00000180. The van der Waals surface area contributed by atoms with E-state index in [1.54, 1.807) is 0 Å². The van der Waals surface area contributed by atoms with E-state index < -0.39 is 0 Å². The second-order valence-corrected chi connectivity index (χ2v) is 6.44. The van der Waals surface area contributed by atoms with Gasteiger partial charge in [-0.3, -0.25) is 0 Å². The molecule has 1 nitrogen and oxygen atoms in total. The summed E-state index contributed by atoms with van der Waals surface area (Å²) in [6, 6.07) is 0.974. The van der Waals surface area contributed by atoms with Gasteiger partial charge in [0.05, 0.1) is 25.7 Å². The zero-order chi connectivity index (χ0) is 12.7. The molecular formula is C17H32IN. The molecule has 112 valence electrons. The molecule has 0 saturated carbocycles. The maximum atomic E-state index is 2.44. The monoisotopic (exact) mass is 377 g/mol. The topological polar surface area (TPSA) is 0 Å². The third-order valence-corrected chi connectivity index (χ3v) is 5.18. The van der Waals surface area contributed by atoms with Gasteiger partial charge in [0, 0.05) is 6.42 Å². The number of halogens is 1. The molecule has 1 atom stereocenters. The lowest BCUT2D eigenvalue weighted by molar-refractivity contribution is -0.956. The summed E-state index contributed by atoms with van der Waals surface area (Å²) in [5, 5.41) is 0. The molecule has 1 unspecified atom stereocenters. The lowest BCUT2D eigenvalue weighted by Gasteiger charge is -2.48. The van der Waals surface area contributed by atoms with E-state index in [2.05, 4.69) is 19.1 Å². The van der Waals surface area contributed by atoms with E-state index in [9.17, 15) is 0 Å². The summed E-state index contributed by atoms with van der Waals surface area (Å²) in [5.41, 5.74) is 0. The van der Waals surface area contributed by atoms with Gasteiger partial charge in [0.2, 0.25) is 0 Å². The first kappa shape index (κ1) is 17.5. The Morgan fingerprint density at radius 1 is 0.947 bits per heavy atom. The zero-order valence-corrected chi connectivity index (χ0v) is 14.9. The lowest BCUT2D eigenvalue weighted by Crippen LogP contribution is -3.00. The maximum Gasteiger partial charge on any atom is 0.0893 e. The minimum Gasteiger partial charge on any atom is -1.00 e. The Morgan fingerprint density at radius 3 is 2.42 bits per heavy atom. The fraction of sp³-hybridized carbons (Fsp3) is 0.882. The average Bonchev–Trinajstić information content (AvgIpc) is 2.37. The van der Waals surface area contributed by atoms with Gasteiger partial charge >= 0.3 is 0 Å². The van der Waals surface area contributed by atoms with Crippen molar-refractivity contribution < 1.29 is 28.5 Å². The number of piperidine rings is 1. The molecule has 1 aliphatic carbocycles. The van der Waals surface area contributed by atoms with Crippen LogP contribution in [0.4, 0.5) is 0 Å². The van der Waals surface area contributed by atoms with Crippen LogP contribution in [0.5, 0.6) is 0 Å². The Kier molecular flexibility index (Phi) is 8.63. The maximum absolute atomic E-state index is 2.44. The number of hydrogen-bond donors (Lipinski definition) is 0. The molecule has 2 aliphatic rings. The van der Waals surface area contributed by atoms with Crippen molar-refractivity contribution in [2.24, 2.45) is 0 Å². The summed E-state index contributed by atoms with van der Waals surface area (Å²) in [6.45, 7) is 6.77. The number of hydrogen-bond acceptors (Lipinski definition) is 0. The highest BCUT2D eigenvalue weighted by molar-refractivity contribution is 4.85. The second kappa shape index (κ2) is 9.38. The highest BCUT2D eigenvalue weighted by atomic mass is 127. The second-order valence-electron chi connectivity index (χ2n) is 6.44. The quantitative estimate of drug-likeness (QED) is 0.397. The van der Waals surface area contributed by atoms with Crippen LogP contribution in [0.25, 0.3) is 0 Å². The Bertz CT molecular complexity index is 256. The van der Waals surface area contributed by atoms with Gasteiger partial charge in [-0.15, -0.1) is 0 Å². The highest BCUT2D eigenvalue weighted by Gasteiger charge is 2.36. The van der Waals surface area contributed by atoms with Crippen molar-refractivity contribution in [1.82, 2.24) is 0 Å². The Morgan fingerprint density at radius 2 is 1.68 bits per heavy atom. The third kappa shape index (κ3) is 5.04. The van der Waals surface area contributed by atoms with E-state index in [4.69, 9.17) is 0 Å². The Hall–Kier alpha value is 0.430. The molecule has 1 heterocycles. The molecule has 0 N–H and O–H groups in total. The molecule has 0 aromatic rings. The Labute approximate surface area is 137 Å². The minimum absolute atomic E-state index is 0. The van der Waals surface area contributed by atoms with E-state index in [1.807, 2.05) is 0 Å². The summed E-state index contributed by atoms with van der Waals surface area (Å²) in [6.07, 6.45) is 19.1. The van der Waals surface area contributed by atoms with Crippen molar-refractivity contribution in [3.8, 4) is 0 Å². The van der Waals surface area contributed by atoms with Gasteiger partial charge < -0.3 is 28.5 Å². The molecule has 0 spiro atoms. The van der Waals surface area contributed by atoms with Crippen molar-refractivity contribution in [3.05, 3.63) is 12.2 Å². The largest absolute Gasteiger partial charge is 1.00 e. The number of unbranched alkanes of at least 4 members (excludes halogenated alkanes) is 1. The predicted molar refractivity (Wildman–Crippen MR) is 79.6 cm³/mol. The first-order valence-electron chi connectivity index (χ1n) is 8.38. The van der Waals surface area contributed by atoms with Crippen molar-refractivity contribution in [1.29, 1.82) is 0 Å². The normalized spacial score (nSPS) is 28.8. The van der Waals surface area contributed by atoms with Gasteiger partial charge in [-0.1, -0.05) is 25.5 Å². The average molecular weight is 377 g/mol. The van der Waals surface area contributed by atoms with Gasteiger partial charge in [0.15, 0.2) is 0 Å². The van der Waals surface area contributed by atoms with E-state index in [0.717, 1.165) is 6.04 Å². The highest BCUT2D eigenvalue weighted by Crippen LogP contribution is 2.30. The predicted octanol–water partition coefficient (Wildman–Crippen LogP) is 1.68. The molecule has 0 amide bonds. The van der Waals surface area contributed by atoms with Crippen LogP contribution in [0.2, 0.25) is 0 Å². The fourth-order valence-electron chi connectivity index (χ4n) is 4.07. The zero-order valence-electron chi connectivity index (χ0n) is 12.7. The molecule has 0 aromatic carbocycles. The van der Waals surface area contributed by atoms with Crippen molar-refractivity contribution in [2.45, 2.75) is 77.2 Å². The van der Waals surface area contributed by atoms with Crippen molar-refractivity contribution in [2.75, 3.05) is 19.6 Å². The summed E-state index contributed by atoms with van der Waals surface area (Å²) in [5.74, 6) is 0. The van der Waals surface area contributed by atoms with Gasteiger partial charge in [-0.25, -0.2) is 0 Å². The number of quaternary nitrogens is 1. The molecule has 0 radical (unpaired) electrons. The van der Waals surface area contributed by atoms with Crippen LogP contribution in [-0.2, 0) is 0 Å². The smallest absolute Gasteiger partial charge is 0.0893 e. The molecule has 1 saturated heterocycles. The summed E-state index contributed by atoms with van der Waals surface area (Å²) >= 11 is 0. The first-order valence-corrected chi connectivity index (χ1v) is 8.38. The van der Waals surface area contributed by atoms with Gasteiger partial charge in [-0.05, 0) is 51.4 Å². The third-order valence-electron chi connectivity index (χ3n) is 5.18. The van der Waals surface area contributed by atoms with Crippen LogP contribution in [0.15, 0.2) is 12.2 Å². The van der Waals surface area contributed by atoms with E-state index in [-0.39, 0.29) is 24.0 Å². The molecule has 0 bridgehead atoms. The van der Waals surface area contributed by atoms with E-state index >= 15 is 0 Å². The number of nitrogens with zero attached hydrogens (tertiary/aromatic N) is 1.